The molecule has 17 heavy (non-hydrogen) atoms. The van der Waals surface area contributed by atoms with Gasteiger partial charge in [-0.25, -0.2) is 4.79 Å². The van der Waals surface area contributed by atoms with Gasteiger partial charge in [0.25, 0.3) is 0 Å². The van der Waals surface area contributed by atoms with Crippen LogP contribution < -0.4 is 4.74 Å². The fourth-order valence-electron chi connectivity index (χ4n) is 1.55. The molecule has 0 radical (unpaired) electrons. The molecule has 0 aliphatic rings. The Morgan fingerprint density at radius 1 is 1.47 bits per heavy atom. The van der Waals surface area contributed by atoms with Gasteiger partial charge in [-0.05, 0) is 35.0 Å². The molecule has 0 atom stereocenters. The van der Waals surface area contributed by atoms with Crippen molar-refractivity contribution in [3.63, 3.8) is 0 Å². The molecule has 0 aliphatic carbocycles. The van der Waals surface area contributed by atoms with E-state index in [9.17, 15) is 4.79 Å². The van der Waals surface area contributed by atoms with E-state index < -0.39 is 5.97 Å². The molecule has 1 aromatic carbocycles. The third kappa shape index (κ3) is 2.15. The minimum atomic E-state index is -0.474. The SMILES string of the molecule is CCOC(=O)c1cc2c(OC)ccc(Br)c2o1. The summed E-state index contributed by atoms with van der Waals surface area (Å²) < 4.78 is 16.3. The Morgan fingerprint density at radius 2 is 2.24 bits per heavy atom. The first-order valence-corrected chi connectivity index (χ1v) is 5.89. The zero-order chi connectivity index (χ0) is 12.4. The van der Waals surface area contributed by atoms with Gasteiger partial charge in [0.15, 0.2) is 5.58 Å². The highest BCUT2D eigenvalue weighted by Crippen LogP contribution is 2.34. The van der Waals surface area contributed by atoms with Crippen molar-refractivity contribution in [2.24, 2.45) is 0 Å². The molecule has 4 nitrogen and oxygen atoms in total. The van der Waals surface area contributed by atoms with E-state index in [0.717, 1.165) is 9.86 Å². The highest BCUT2D eigenvalue weighted by molar-refractivity contribution is 9.10. The van der Waals surface area contributed by atoms with Gasteiger partial charge in [-0.1, -0.05) is 0 Å². The van der Waals surface area contributed by atoms with Gasteiger partial charge in [0, 0.05) is 6.07 Å². The van der Waals surface area contributed by atoms with E-state index in [0.29, 0.717) is 17.9 Å². The molecule has 0 spiro atoms. The predicted molar refractivity (Wildman–Crippen MR) is 66.4 cm³/mol. The summed E-state index contributed by atoms with van der Waals surface area (Å²) in [5.74, 6) is 0.354. The summed E-state index contributed by atoms with van der Waals surface area (Å²) in [4.78, 5) is 11.6. The monoisotopic (exact) mass is 298 g/mol. The van der Waals surface area contributed by atoms with Crippen LogP contribution in [0, 0.1) is 0 Å². The summed E-state index contributed by atoms with van der Waals surface area (Å²) in [6.45, 7) is 2.06. The molecule has 5 heteroatoms. The lowest BCUT2D eigenvalue weighted by Gasteiger charge is -2.00. The van der Waals surface area contributed by atoms with Crippen LogP contribution in [0.5, 0.6) is 5.75 Å². The summed E-state index contributed by atoms with van der Waals surface area (Å²) in [6, 6.07) is 5.23. The zero-order valence-electron chi connectivity index (χ0n) is 9.45. The van der Waals surface area contributed by atoms with Crippen LogP contribution >= 0.6 is 15.9 Å². The van der Waals surface area contributed by atoms with Gasteiger partial charge >= 0.3 is 5.97 Å². The molecule has 0 amide bonds. The van der Waals surface area contributed by atoms with Gasteiger partial charge in [-0.15, -0.1) is 0 Å². The average molecular weight is 299 g/mol. The normalized spacial score (nSPS) is 10.5. The number of carbonyl (C=O) groups excluding carboxylic acids is 1. The Bertz CT molecular complexity index is 559. The molecule has 0 saturated carbocycles. The van der Waals surface area contributed by atoms with Crippen LogP contribution in [0.15, 0.2) is 27.1 Å². The number of ether oxygens (including phenoxy) is 2. The summed E-state index contributed by atoms with van der Waals surface area (Å²) in [5, 5.41) is 0.741. The van der Waals surface area contributed by atoms with E-state index in [1.807, 2.05) is 0 Å². The molecule has 2 aromatic rings. The number of esters is 1. The van der Waals surface area contributed by atoms with Crippen LogP contribution in [0.2, 0.25) is 0 Å². The zero-order valence-corrected chi connectivity index (χ0v) is 11.0. The molecule has 1 aromatic heterocycles. The molecular formula is C12H11BrO4. The number of benzene rings is 1. The molecule has 2 rings (SSSR count). The van der Waals surface area contributed by atoms with Gasteiger partial charge in [0.05, 0.1) is 23.6 Å². The van der Waals surface area contributed by atoms with E-state index in [1.54, 1.807) is 32.2 Å². The first kappa shape index (κ1) is 12.0. The third-order valence-corrected chi connectivity index (χ3v) is 2.92. The second kappa shape index (κ2) is 4.79. The highest BCUT2D eigenvalue weighted by atomic mass is 79.9. The van der Waals surface area contributed by atoms with E-state index >= 15 is 0 Å². The first-order valence-electron chi connectivity index (χ1n) is 5.10. The Kier molecular flexibility index (Phi) is 3.38. The fraction of sp³-hybridized carbons (Fsp3) is 0.250. The van der Waals surface area contributed by atoms with Crippen molar-refractivity contribution in [1.82, 2.24) is 0 Å². The van der Waals surface area contributed by atoms with Crippen LogP contribution in [-0.2, 0) is 4.74 Å². The van der Waals surface area contributed by atoms with Crippen LogP contribution in [0.25, 0.3) is 11.0 Å². The molecule has 0 N–H and O–H groups in total. The first-order chi connectivity index (χ1) is 8.17. The third-order valence-electron chi connectivity index (χ3n) is 2.29. The number of halogens is 1. The molecular weight excluding hydrogens is 288 g/mol. The lowest BCUT2D eigenvalue weighted by molar-refractivity contribution is 0.0492. The quantitative estimate of drug-likeness (QED) is 0.815. The van der Waals surface area contributed by atoms with E-state index in [-0.39, 0.29) is 5.76 Å². The minimum absolute atomic E-state index is 0.173. The second-order valence-corrected chi connectivity index (χ2v) is 4.18. The average Bonchev–Trinajstić information content (AvgIpc) is 2.76. The topological polar surface area (TPSA) is 48.7 Å². The highest BCUT2D eigenvalue weighted by Gasteiger charge is 2.17. The summed E-state index contributed by atoms with van der Waals surface area (Å²) in [6.07, 6.45) is 0. The maximum Gasteiger partial charge on any atom is 0.374 e. The summed E-state index contributed by atoms with van der Waals surface area (Å²) >= 11 is 3.36. The van der Waals surface area contributed by atoms with Gasteiger partial charge in [0.2, 0.25) is 5.76 Å². The van der Waals surface area contributed by atoms with Gasteiger partial charge in [-0.3, -0.25) is 0 Å². The fourth-order valence-corrected chi connectivity index (χ4v) is 1.97. The van der Waals surface area contributed by atoms with Gasteiger partial charge < -0.3 is 13.9 Å². The van der Waals surface area contributed by atoms with Gasteiger partial charge in [0.1, 0.15) is 5.75 Å². The lowest BCUT2D eigenvalue weighted by atomic mass is 10.2. The number of hydrogen-bond acceptors (Lipinski definition) is 4. The minimum Gasteiger partial charge on any atom is -0.496 e. The molecule has 0 fully saturated rings. The number of hydrogen-bond donors (Lipinski definition) is 0. The summed E-state index contributed by atoms with van der Waals surface area (Å²) in [7, 11) is 1.57. The number of furan rings is 1. The van der Waals surface area contributed by atoms with Crippen molar-refractivity contribution in [3.05, 3.63) is 28.4 Å². The molecule has 0 saturated heterocycles. The molecule has 0 unspecified atom stereocenters. The Morgan fingerprint density at radius 3 is 2.88 bits per heavy atom. The van der Waals surface area contributed by atoms with Crippen molar-refractivity contribution < 1.29 is 18.7 Å². The maximum absolute atomic E-state index is 11.6. The smallest absolute Gasteiger partial charge is 0.374 e. The standard InChI is InChI=1S/C12H11BrO4/c1-3-16-12(14)10-6-7-9(15-2)5-4-8(13)11(7)17-10/h4-6H,3H2,1-2H3. The Hall–Kier alpha value is -1.49. The number of carbonyl (C=O) groups is 1. The van der Waals surface area contributed by atoms with Crippen molar-refractivity contribution >= 4 is 32.9 Å². The predicted octanol–water partition coefficient (Wildman–Crippen LogP) is 3.38. The number of fused-ring (bicyclic) bond motifs is 1. The van der Waals surface area contributed by atoms with Gasteiger partial charge in [-0.2, -0.15) is 0 Å². The second-order valence-electron chi connectivity index (χ2n) is 3.32. The summed E-state index contributed by atoms with van der Waals surface area (Å²) in [5.41, 5.74) is 0.576. The van der Waals surface area contributed by atoms with E-state index in [2.05, 4.69) is 15.9 Å². The maximum atomic E-state index is 11.6. The number of rotatable bonds is 3. The van der Waals surface area contributed by atoms with Crippen LogP contribution in [-0.4, -0.2) is 19.7 Å². The Labute approximate surface area is 107 Å². The van der Waals surface area contributed by atoms with Crippen molar-refractivity contribution in [3.8, 4) is 5.75 Å². The van der Waals surface area contributed by atoms with Crippen LogP contribution in [0.1, 0.15) is 17.5 Å². The molecule has 90 valence electrons. The largest absolute Gasteiger partial charge is 0.496 e. The van der Waals surface area contributed by atoms with Crippen molar-refractivity contribution in [2.45, 2.75) is 6.92 Å². The molecule has 0 aliphatic heterocycles. The number of methoxy groups -OCH3 is 1. The van der Waals surface area contributed by atoms with Crippen molar-refractivity contribution in [1.29, 1.82) is 0 Å². The van der Waals surface area contributed by atoms with Crippen LogP contribution in [0.4, 0.5) is 0 Å². The van der Waals surface area contributed by atoms with Crippen LogP contribution in [0.3, 0.4) is 0 Å². The molecule has 1 heterocycles. The lowest BCUT2D eigenvalue weighted by Crippen LogP contribution is -2.02. The Balaban J connectivity index is 2.56. The molecule has 0 bridgehead atoms. The van der Waals surface area contributed by atoms with E-state index in [4.69, 9.17) is 13.9 Å². The van der Waals surface area contributed by atoms with E-state index in [1.165, 1.54) is 0 Å². The van der Waals surface area contributed by atoms with Crippen molar-refractivity contribution in [2.75, 3.05) is 13.7 Å².